The molecule has 0 saturated heterocycles. The summed E-state index contributed by atoms with van der Waals surface area (Å²) in [5.41, 5.74) is 2.14. The van der Waals surface area contributed by atoms with Crippen LogP contribution in [0.3, 0.4) is 0 Å². The van der Waals surface area contributed by atoms with Crippen LogP contribution in [0.15, 0.2) is 42.7 Å². The Kier molecular flexibility index (Phi) is 3.68. The Morgan fingerprint density at radius 3 is 2.62 bits per heavy atom. The molecule has 110 valence electrons. The van der Waals surface area contributed by atoms with Gasteiger partial charge in [-0.15, -0.1) is 0 Å². The van der Waals surface area contributed by atoms with Crippen LogP contribution in [0.25, 0.3) is 0 Å². The summed E-state index contributed by atoms with van der Waals surface area (Å²) in [5, 5.41) is 0. The monoisotopic (exact) mass is 292 g/mol. The third kappa shape index (κ3) is 3.08. The highest BCUT2D eigenvalue weighted by Gasteiger charge is 2.33. The van der Waals surface area contributed by atoms with E-state index < -0.39 is 11.7 Å². The van der Waals surface area contributed by atoms with Crippen LogP contribution in [-0.2, 0) is 25.7 Å². The van der Waals surface area contributed by atoms with Crippen LogP contribution in [0, 0.1) is 0 Å². The number of hydrogen-bond acceptors (Lipinski definition) is 2. The zero-order valence-corrected chi connectivity index (χ0v) is 11.4. The van der Waals surface area contributed by atoms with Crippen LogP contribution in [0.2, 0.25) is 0 Å². The molecule has 0 atom stereocenters. The highest BCUT2D eigenvalue weighted by Crippen LogP contribution is 2.32. The molecule has 1 aliphatic rings. The molecule has 0 amide bonds. The summed E-state index contributed by atoms with van der Waals surface area (Å²) in [5.74, 6) is 0. The molecule has 0 saturated carbocycles. The molecule has 0 fully saturated rings. The minimum atomic E-state index is -4.33. The van der Waals surface area contributed by atoms with E-state index in [9.17, 15) is 13.2 Å². The third-order valence-electron chi connectivity index (χ3n) is 3.81. The number of rotatable bonds is 2. The molecule has 2 aromatic rings. The molecule has 21 heavy (non-hydrogen) atoms. The van der Waals surface area contributed by atoms with Gasteiger partial charge in [-0.05, 0) is 29.2 Å². The molecule has 0 N–H and O–H groups in total. The van der Waals surface area contributed by atoms with Crippen molar-refractivity contribution in [1.82, 2.24) is 9.88 Å². The van der Waals surface area contributed by atoms with Crippen molar-refractivity contribution in [3.05, 3.63) is 65.0 Å². The standard InChI is InChI=1S/C16H15F3N2/c17-16(18,19)15-5-7-20-9-14(15)11-21-8-6-12-3-1-2-4-13(12)10-21/h1-5,7,9H,6,8,10-11H2. The van der Waals surface area contributed by atoms with Gasteiger partial charge >= 0.3 is 6.18 Å². The molecule has 0 aliphatic carbocycles. The maximum atomic E-state index is 13.0. The molecule has 3 rings (SSSR count). The van der Waals surface area contributed by atoms with Crippen LogP contribution in [0.1, 0.15) is 22.3 Å². The molecule has 2 nitrogen and oxygen atoms in total. The maximum absolute atomic E-state index is 13.0. The van der Waals surface area contributed by atoms with Crippen LogP contribution < -0.4 is 0 Å². The molecule has 0 radical (unpaired) electrons. The summed E-state index contributed by atoms with van der Waals surface area (Å²) >= 11 is 0. The molecular weight excluding hydrogens is 277 g/mol. The Morgan fingerprint density at radius 1 is 1.10 bits per heavy atom. The summed E-state index contributed by atoms with van der Waals surface area (Å²) in [6, 6.07) is 9.13. The fraction of sp³-hybridized carbons (Fsp3) is 0.312. The highest BCUT2D eigenvalue weighted by molar-refractivity contribution is 5.30. The van der Waals surface area contributed by atoms with E-state index in [0.717, 1.165) is 19.0 Å². The number of hydrogen-bond donors (Lipinski definition) is 0. The molecule has 0 bridgehead atoms. The fourth-order valence-electron chi connectivity index (χ4n) is 2.76. The lowest BCUT2D eigenvalue weighted by Gasteiger charge is -2.29. The SMILES string of the molecule is FC(F)(F)c1ccncc1CN1CCc2ccccc2C1. The average Bonchev–Trinajstić information content (AvgIpc) is 2.46. The van der Waals surface area contributed by atoms with Gasteiger partial charge in [0.2, 0.25) is 0 Å². The van der Waals surface area contributed by atoms with Crippen molar-refractivity contribution in [1.29, 1.82) is 0 Å². The lowest BCUT2D eigenvalue weighted by molar-refractivity contribution is -0.138. The largest absolute Gasteiger partial charge is 0.416 e. The van der Waals surface area contributed by atoms with E-state index in [1.807, 2.05) is 23.1 Å². The molecular formula is C16H15F3N2. The second-order valence-corrected chi connectivity index (χ2v) is 5.26. The van der Waals surface area contributed by atoms with Crippen molar-refractivity contribution in [2.45, 2.75) is 25.7 Å². The lowest BCUT2D eigenvalue weighted by atomic mass is 9.99. The van der Waals surface area contributed by atoms with Gasteiger partial charge in [-0.25, -0.2) is 0 Å². The van der Waals surface area contributed by atoms with Crippen molar-refractivity contribution in [3.63, 3.8) is 0 Å². The number of alkyl halides is 3. The summed E-state index contributed by atoms with van der Waals surface area (Å²) < 4.78 is 39.0. The first-order chi connectivity index (χ1) is 10.0. The average molecular weight is 292 g/mol. The minimum Gasteiger partial charge on any atom is -0.294 e. The lowest BCUT2D eigenvalue weighted by Crippen LogP contribution is -2.30. The maximum Gasteiger partial charge on any atom is 0.416 e. The number of nitrogens with zero attached hydrogens (tertiary/aromatic N) is 2. The van der Waals surface area contributed by atoms with Crippen molar-refractivity contribution in [3.8, 4) is 0 Å². The van der Waals surface area contributed by atoms with Gasteiger partial charge in [-0.2, -0.15) is 13.2 Å². The molecule has 1 aliphatic heterocycles. The first-order valence-electron chi connectivity index (χ1n) is 6.83. The zero-order chi connectivity index (χ0) is 14.9. The van der Waals surface area contributed by atoms with E-state index in [1.165, 1.54) is 23.5 Å². The quantitative estimate of drug-likeness (QED) is 0.840. The Balaban J connectivity index is 1.80. The second kappa shape index (κ2) is 5.48. The summed E-state index contributed by atoms with van der Waals surface area (Å²) in [6.45, 7) is 1.72. The zero-order valence-electron chi connectivity index (χ0n) is 11.4. The molecule has 1 aromatic carbocycles. The van der Waals surface area contributed by atoms with E-state index >= 15 is 0 Å². The summed E-state index contributed by atoms with van der Waals surface area (Å²) in [7, 11) is 0. The Hall–Kier alpha value is -1.88. The Bertz CT molecular complexity index is 637. The van der Waals surface area contributed by atoms with Gasteiger partial charge < -0.3 is 0 Å². The number of halogens is 3. The topological polar surface area (TPSA) is 16.1 Å². The van der Waals surface area contributed by atoms with Crippen molar-refractivity contribution >= 4 is 0 Å². The molecule has 2 heterocycles. The van der Waals surface area contributed by atoms with Gasteiger partial charge in [0, 0.05) is 32.0 Å². The van der Waals surface area contributed by atoms with Gasteiger partial charge in [0.15, 0.2) is 0 Å². The minimum absolute atomic E-state index is 0.240. The molecule has 1 aromatic heterocycles. The Morgan fingerprint density at radius 2 is 1.86 bits per heavy atom. The fourth-order valence-corrected chi connectivity index (χ4v) is 2.76. The van der Waals surface area contributed by atoms with Gasteiger partial charge in [0.25, 0.3) is 0 Å². The van der Waals surface area contributed by atoms with Crippen LogP contribution >= 0.6 is 0 Å². The van der Waals surface area contributed by atoms with E-state index in [2.05, 4.69) is 11.1 Å². The van der Waals surface area contributed by atoms with Gasteiger partial charge in [0.05, 0.1) is 5.56 Å². The van der Waals surface area contributed by atoms with Gasteiger partial charge in [-0.3, -0.25) is 9.88 Å². The normalized spacial score (nSPS) is 15.8. The first kappa shape index (κ1) is 14.1. The number of pyridine rings is 1. The van der Waals surface area contributed by atoms with Crippen LogP contribution in [0.5, 0.6) is 0 Å². The van der Waals surface area contributed by atoms with Gasteiger partial charge in [-0.1, -0.05) is 24.3 Å². The summed E-state index contributed by atoms with van der Waals surface area (Å²) in [4.78, 5) is 5.88. The molecule has 5 heteroatoms. The van der Waals surface area contributed by atoms with E-state index in [0.29, 0.717) is 6.54 Å². The summed E-state index contributed by atoms with van der Waals surface area (Å²) in [6.07, 6.45) is -0.940. The van der Waals surface area contributed by atoms with Crippen LogP contribution in [0.4, 0.5) is 13.2 Å². The predicted octanol–water partition coefficient (Wildman–Crippen LogP) is 3.66. The van der Waals surface area contributed by atoms with Crippen molar-refractivity contribution < 1.29 is 13.2 Å². The Labute approximate surface area is 121 Å². The first-order valence-corrected chi connectivity index (χ1v) is 6.83. The predicted molar refractivity (Wildman–Crippen MR) is 73.5 cm³/mol. The molecule has 0 unspecified atom stereocenters. The smallest absolute Gasteiger partial charge is 0.294 e. The van der Waals surface area contributed by atoms with E-state index in [1.54, 1.807) is 0 Å². The van der Waals surface area contributed by atoms with Crippen molar-refractivity contribution in [2.24, 2.45) is 0 Å². The number of fused-ring (bicyclic) bond motifs is 1. The highest BCUT2D eigenvalue weighted by atomic mass is 19.4. The second-order valence-electron chi connectivity index (χ2n) is 5.26. The third-order valence-corrected chi connectivity index (χ3v) is 3.81. The van der Waals surface area contributed by atoms with E-state index in [4.69, 9.17) is 0 Å². The number of benzene rings is 1. The number of aromatic nitrogens is 1. The van der Waals surface area contributed by atoms with Crippen molar-refractivity contribution in [2.75, 3.05) is 6.54 Å². The van der Waals surface area contributed by atoms with Crippen LogP contribution in [-0.4, -0.2) is 16.4 Å². The van der Waals surface area contributed by atoms with Gasteiger partial charge in [0.1, 0.15) is 0 Å². The van der Waals surface area contributed by atoms with E-state index in [-0.39, 0.29) is 12.1 Å². The molecule has 0 spiro atoms.